The normalized spacial score (nSPS) is 19.1. The predicted octanol–water partition coefficient (Wildman–Crippen LogP) is 2.45. The summed E-state index contributed by atoms with van der Waals surface area (Å²) in [6.07, 6.45) is -0.140. The number of carbonyl (C=O) groups is 2. The van der Waals surface area contributed by atoms with Gasteiger partial charge in [0.25, 0.3) is 0 Å². The maximum atomic E-state index is 13.4. The molecule has 34 heavy (non-hydrogen) atoms. The second kappa shape index (κ2) is 10.0. The van der Waals surface area contributed by atoms with Gasteiger partial charge in [-0.2, -0.15) is 4.31 Å². The third-order valence-electron chi connectivity index (χ3n) is 6.08. The van der Waals surface area contributed by atoms with Crippen molar-refractivity contribution in [3.05, 3.63) is 48.5 Å². The summed E-state index contributed by atoms with van der Waals surface area (Å²) in [6, 6.07) is 13.4. The molecule has 0 radical (unpaired) electrons. The molecule has 0 spiro atoms. The van der Waals surface area contributed by atoms with Crippen LogP contribution >= 0.6 is 0 Å². The van der Waals surface area contributed by atoms with E-state index in [2.05, 4.69) is 0 Å². The molecule has 0 bridgehead atoms. The number of amides is 1. The summed E-state index contributed by atoms with van der Waals surface area (Å²) in [4.78, 5) is 27.3. The van der Waals surface area contributed by atoms with Crippen molar-refractivity contribution in [2.75, 3.05) is 38.3 Å². The first kappa shape index (κ1) is 24.0. The van der Waals surface area contributed by atoms with Crippen LogP contribution in [-0.2, 0) is 24.3 Å². The van der Waals surface area contributed by atoms with Crippen molar-refractivity contribution in [1.29, 1.82) is 0 Å². The monoisotopic (exact) mass is 488 g/mol. The Morgan fingerprint density at radius 3 is 2.38 bits per heavy atom. The lowest BCUT2D eigenvalue weighted by Crippen LogP contribution is -2.51. The topological polar surface area (TPSA) is 102 Å². The largest absolute Gasteiger partial charge is 0.494 e. The van der Waals surface area contributed by atoms with Crippen molar-refractivity contribution in [1.82, 2.24) is 4.31 Å². The molecule has 1 amide bonds. The maximum Gasteiger partial charge on any atom is 0.348 e. The highest BCUT2D eigenvalue weighted by Crippen LogP contribution is 2.36. The number of fused-ring (bicyclic) bond motifs is 1. The summed E-state index contributed by atoms with van der Waals surface area (Å²) in [5, 5.41) is 0. The fourth-order valence-electron chi connectivity index (χ4n) is 4.28. The molecule has 2 aromatic carbocycles. The molecular formula is C24H28N2O7S. The molecule has 2 aliphatic heterocycles. The van der Waals surface area contributed by atoms with Crippen LogP contribution in [0, 0.1) is 5.92 Å². The number of esters is 1. The van der Waals surface area contributed by atoms with Gasteiger partial charge in [-0.05, 0) is 56.2 Å². The third kappa shape index (κ3) is 4.74. The lowest BCUT2D eigenvalue weighted by molar-refractivity contribution is -0.148. The van der Waals surface area contributed by atoms with E-state index in [-0.39, 0.29) is 36.4 Å². The van der Waals surface area contributed by atoms with Crippen LogP contribution in [0.5, 0.6) is 11.5 Å². The number of para-hydroxylation sites is 2. The molecule has 0 unspecified atom stereocenters. The second-order valence-electron chi connectivity index (χ2n) is 8.13. The Hall–Kier alpha value is -3.11. The zero-order valence-corrected chi connectivity index (χ0v) is 20.0. The van der Waals surface area contributed by atoms with Crippen LogP contribution < -0.4 is 14.4 Å². The Morgan fingerprint density at radius 2 is 1.74 bits per heavy atom. The predicted molar refractivity (Wildman–Crippen MR) is 124 cm³/mol. The Bertz CT molecular complexity index is 1140. The lowest BCUT2D eigenvalue weighted by atomic mass is 9.95. The van der Waals surface area contributed by atoms with Gasteiger partial charge in [0.2, 0.25) is 22.0 Å². The van der Waals surface area contributed by atoms with E-state index in [9.17, 15) is 18.0 Å². The van der Waals surface area contributed by atoms with E-state index >= 15 is 0 Å². The van der Waals surface area contributed by atoms with Gasteiger partial charge in [-0.3, -0.25) is 4.79 Å². The average Bonchev–Trinajstić information content (AvgIpc) is 2.87. The minimum absolute atomic E-state index is 0.0488. The quantitative estimate of drug-likeness (QED) is 0.576. The van der Waals surface area contributed by atoms with E-state index in [0.29, 0.717) is 36.6 Å². The van der Waals surface area contributed by atoms with E-state index in [1.165, 1.54) is 23.5 Å². The standard InChI is InChI=1S/C24H28N2O7S/c1-3-32-18-8-10-19(11-9-18)34(29,30)25-14-12-17(13-15-25)23(27)26-16-22(24(28)31-2)33-21-7-5-4-6-20(21)26/h4-11,17,22H,3,12-16H2,1-2H3/t22-/m0/s1. The number of hydrogen-bond donors (Lipinski definition) is 0. The van der Waals surface area contributed by atoms with Crippen LogP contribution in [-0.4, -0.2) is 64.1 Å². The van der Waals surface area contributed by atoms with Crippen molar-refractivity contribution in [2.24, 2.45) is 5.92 Å². The fraction of sp³-hybridized carbons (Fsp3) is 0.417. The number of carbonyl (C=O) groups excluding carboxylic acids is 2. The summed E-state index contributed by atoms with van der Waals surface area (Å²) in [7, 11) is -2.39. The van der Waals surface area contributed by atoms with Crippen molar-refractivity contribution in [3.8, 4) is 11.5 Å². The number of ether oxygens (including phenoxy) is 3. The molecule has 0 aromatic heterocycles. The fourth-order valence-corrected chi connectivity index (χ4v) is 5.75. The van der Waals surface area contributed by atoms with Gasteiger partial charge < -0.3 is 19.1 Å². The van der Waals surface area contributed by atoms with Gasteiger partial charge >= 0.3 is 5.97 Å². The first-order valence-electron chi connectivity index (χ1n) is 11.2. The van der Waals surface area contributed by atoms with Crippen molar-refractivity contribution in [2.45, 2.75) is 30.8 Å². The lowest BCUT2D eigenvalue weighted by Gasteiger charge is -2.37. The number of hydrogen-bond acceptors (Lipinski definition) is 7. The summed E-state index contributed by atoms with van der Waals surface area (Å²) in [6.45, 7) is 2.88. The van der Waals surface area contributed by atoms with Crippen LogP contribution in [0.15, 0.2) is 53.4 Å². The highest BCUT2D eigenvalue weighted by atomic mass is 32.2. The molecule has 0 saturated carbocycles. The van der Waals surface area contributed by atoms with Gasteiger partial charge in [0.15, 0.2) is 0 Å². The molecule has 1 fully saturated rings. The molecule has 1 atom stereocenters. The molecule has 4 rings (SSSR count). The first-order chi connectivity index (χ1) is 16.3. The summed E-state index contributed by atoms with van der Waals surface area (Å²) in [5.74, 6) is -0.0163. The second-order valence-corrected chi connectivity index (χ2v) is 10.1. The van der Waals surface area contributed by atoms with Gasteiger partial charge in [-0.25, -0.2) is 13.2 Å². The molecule has 182 valence electrons. The summed E-state index contributed by atoms with van der Waals surface area (Å²) < 4.78 is 43.5. The first-order valence-corrected chi connectivity index (χ1v) is 12.7. The van der Waals surface area contributed by atoms with Gasteiger partial charge in [0.1, 0.15) is 11.5 Å². The smallest absolute Gasteiger partial charge is 0.348 e. The van der Waals surface area contributed by atoms with Crippen LogP contribution in [0.25, 0.3) is 0 Å². The minimum atomic E-state index is -3.67. The Labute approximate surface area is 199 Å². The van der Waals surface area contributed by atoms with Crippen LogP contribution in [0.2, 0.25) is 0 Å². The van der Waals surface area contributed by atoms with Crippen molar-refractivity contribution in [3.63, 3.8) is 0 Å². The number of sulfonamides is 1. The number of benzene rings is 2. The number of nitrogens with zero attached hydrogens (tertiary/aromatic N) is 2. The molecule has 2 heterocycles. The van der Waals surface area contributed by atoms with E-state index in [1.807, 2.05) is 6.92 Å². The van der Waals surface area contributed by atoms with Crippen molar-refractivity contribution < 1.29 is 32.2 Å². The zero-order chi connectivity index (χ0) is 24.3. The summed E-state index contributed by atoms with van der Waals surface area (Å²) >= 11 is 0. The van der Waals surface area contributed by atoms with Crippen molar-refractivity contribution >= 4 is 27.6 Å². The molecule has 1 saturated heterocycles. The van der Waals surface area contributed by atoms with E-state index in [0.717, 1.165) is 0 Å². The molecule has 2 aromatic rings. The molecule has 2 aliphatic rings. The molecule has 10 heteroatoms. The number of rotatable bonds is 6. The molecule has 0 aliphatic carbocycles. The zero-order valence-electron chi connectivity index (χ0n) is 19.2. The Balaban J connectivity index is 1.45. The third-order valence-corrected chi connectivity index (χ3v) is 7.99. The number of anilines is 1. The average molecular weight is 489 g/mol. The van der Waals surface area contributed by atoms with E-state index in [4.69, 9.17) is 14.2 Å². The Kier molecular flexibility index (Phi) is 7.08. The molecule has 9 nitrogen and oxygen atoms in total. The highest BCUT2D eigenvalue weighted by molar-refractivity contribution is 7.89. The number of methoxy groups -OCH3 is 1. The van der Waals surface area contributed by atoms with Crippen LogP contribution in [0.1, 0.15) is 19.8 Å². The minimum Gasteiger partial charge on any atom is -0.494 e. The van der Waals surface area contributed by atoms with E-state index in [1.54, 1.807) is 41.3 Å². The van der Waals surface area contributed by atoms with Crippen LogP contribution in [0.4, 0.5) is 5.69 Å². The van der Waals surface area contributed by atoms with Gasteiger partial charge in [0, 0.05) is 19.0 Å². The van der Waals surface area contributed by atoms with Gasteiger partial charge in [-0.15, -0.1) is 0 Å². The molecular weight excluding hydrogens is 460 g/mol. The Morgan fingerprint density at radius 1 is 1.06 bits per heavy atom. The summed E-state index contributed by atoms with van der Waals surface area (Å²) in [5.41, 5.74) is 0.595. The van der Waals surface area contributed by atoms with Gasteiger partial charge in [0.05, 0.1) is 30.8 Å². The number of piperidine rings is 1. The molecule has 0 N–H and O–H groups in total. The maximum absolute atomic E-state index is 13.4. The van der Waals surface area contributed by atoms with E-state index < -0.39 is 22.1 Å². The van der Waals surface area contributed by atoms with Gasteiger partial charge in [-0.1, -0.05) is 12.1 Å². The SMILES string of the molecule is CCOc1ccc(S(=O)(=O)N2CCC(C(=O)N3C[C@@H](C(=O)OC)Oc4ccccc43)CC2)cc1. The highest BCUT2D eigenvalue weighted by Gasteiger charge is 2.39. The van der Waals surface area contributed by atoms with Crippen LogP contribution in [0.3, 0.4) is 0 Å².